The molecule has 1 aliphatic rings. The van der Waals surface area contributed by atoms with Crippen molar-refractivity contribution in [2.45, 2.75) is 82.1 Å². The highest BCUT2D eigenvalue weighted by molar-refractivity contribution is 5.40. The standard InChI is InChI=1S/C12H20.C4H10.C2H6/c1-7-8(2)10(4)12(6)11(5)9(7)3;1-3-4-2;1-2/h7-8H,1-6H3;3-4H2,1-2H3;1-2H3. The minimum Gasteiger partial charge on any atom is -0.0683 e. The molecule has 0 nitrogen and oxygen atoms in total. The first-order valence-electron chi connectivity index (χ1n) is 7.73. The largest absolute Gasteiger partial charge is 0.0683 e. The van der Waals surface area contributed by atoms with Crippen LogP contribution in [-0.2, 0) is 0 Å². The van der Waals surface area contributed by atoms with Crippen molar-refractivity contribution >= 4 is 0 Å². The van der Waals surface area contributed by atoms with Crippen LogP contribution in [0.3, 0.4) is 0 Å². The summed E-state index contributed by atoms with van der Waals surface area (Å²) in [6, 6.07) is 0. The molecule has 0 bridgehead atoms. The monoisotopic (exact) mass is 252 g/mol. The van der Waals surface area contributed by atoms with Crippen LogP contribution in [0.15, 0.2) is 22.3 Å². The van der Waals surface area contributed by atoms with Crippen LogP contribution in [-0.4, -0.2) is 0 Å². The first-order valence-corrected chi connectivity index (χ1v) is 7.73. The second-order valence-corrected chi connectivity index (χ2v) is 5.19. The molecule has 0 N–H and O–H groups in total. The molecule has 2 atom stereocenters. The van der Waals surface area contributed by atoms with E-state index < -0.39 is 0 Å². The van der Waals surface area contributed by atoms with Gasteiger partial charge in [0, 0.05) is 0 Å². The van der Waals surface area contributed by atoms with Gasteiger partial charge in [-0.2, -0.15) is 0 Å². The average Bonchev–Trinajstić information content (AvgIpc) is 2.43. The van der Waals surface area contributed by atoms with E-state index in [-0.39, 0.29) is 0 Å². The van der Waals surface area contributed by atoms with Crippen LogP contribution in [0, 0.1) is 11.8 Å². The second-order valence-electron chi connectivity index (χ2n) is 5.19. The predicted molar refractivity (Wildman–Crippen MR) is 87.0 cm³/mol. The highest BCUT2D eigenvalue weighted by Gasteiger charge is 2.23. The fourth-order valence-electron chi connectivity index (χ4n) is 2.02. The summed E-state index contributed by atoms with van der Waals surface area (Å²) < 4.78 is 0. The van der Waals surface area contributed by atoms with Crippen LogP contribution < -0.4 is 0 Å². The zero-order valence-electron chi connectivity index (χ0n) is 14.6. The van der Waals surface area contributed by atoms with E-state index in [4.69, 9.17) is 0 Å². The summed E-state index contributed by atoms with van der Waals surface area (Å²) in [6.45, 7) is 22.1. The zero-order valence-corrected chi connectivity index (χ0v) is 14.6. The molecule has 0 aromatic heterocycles. The molecule has 0 heterocycles. The molecular formula is C18H36. The Morgan fingerprint density at radius 2 is 0.889 bits per heavy atom. The third-order valence-electron chi connectivity index (χ3n) is 4.36. The van der Waals surface area contributed by atoms with Crippen molar-refractivity contribution in [3.05, 3.63) is 22.3 Å². The van der Waals surface area contributed by atoms with Crippen LogP contribution in [0.25, 0.3) is 0 Å². The van der Waals surface area contributed by atoms with Gasteiger partial charge in [-0.1, -0.05) is 65.5 Å². The molecule has 0 aliphatic heterocycles. The van der Waals surface area contributed by atoms with Gasteiger partial charge in [-0.05, 0) is 50.7 Å². The van der Waals surface area contributed by atoms with Gasteiger partial charge in [-0.25, -0.2) is 0 Å². The van der Waals surface area contributed by atoms with Crippen molar-refractivity contribution < 1.29 is 0 Å². The highest BCUT2D eigenvalue weighted by Crippen LogP contribution is 2.37. The fraction of sp³-hybridized carbons (Fsp3) is 0.778. The third-order valence-corrected chi connectivity index (χ3v) is 4.36. The zero-order chi connectivity index (χ0) is 14.9. The van der Waals surface area contributed by atoms with Crippen molar-refractivity contribution in [3.63, 3.8) is 0 Å². The first-order chi connectivity index (χ1) is 8.38. The maximum absolute atomic E-state index is 2.33. The summed E-state index contributed by atoms with van der Waals surface area (Å²) in [5.41, 5.74) is 6.17. The van der Waals surface area contributed by atoms with Crippen LogP contribution in [0.1, 0.15) is 82.1 Å². The quantitative estimate of drug-likeness (QED) is 0.482. The summed E-state index contributed by atoms with van der Waals surface area (Å²) in [7, 11) is 0. The van der Waals surface area contributed by atoms with Gasteiger partial charge in [0.2, 0.25) is 0 Å². The number of unbranched alkanes of at least 4 members (excludes halogenated alkanes) is 1. The van der Waals surface area contributed by atoms with E-state index in [1.165, 1.54) is 24.0 Å². The van der Waals surface area contributed by atoms with E-state index in [9.17, 15) is 0 Å². The SMILES string of the molecule is CC.CC1=C(C)C(C)C(C)C(C)=C1C.CCCC. The molecule has 2 unspecified atom stereocenters. The van der Waals surface area contributed by atoms with Gasteiger partial charge in [0.05, 0.1) is 0 Å². The second kappa shape index (κ2) is 10.4. The number of hydrogen-bond acceptors (Lipinski definition) is 0. The number of hydrogen-bond donors (Lipinski definition) is 0. The van der Waals surface area contributed by atoms with E-state index in [1.807, 2.05) is 13.8 Å². The van der Waals surface area contributed by atoms with E-state index in [0.29, 0.717) is 0 Å². The van der Waals surface area contributed by atoms with Gasteiger partial charge in [-0.15, -0.1) is 0 Å². The minimum atomic E-state index is 0.730. The average molecular weight is 252 g/mol. The topological polar surface area (TPSA) is 0 Å². The Labute approximate surface area is 117 Å². The smallest absolute Gasteiger partial charge is 0.0165 e. The van der Waals surface area contributed by atoms with Gasteiger partial charge in [0.15, 0.2) is 0 Å². The molecule has 108 valence electrons. The summed E-state index contributed by atoms with van der Waals surface area (Å²) in [4.78, 5) is 0. The Morgan fingerprint density at radius 3 is 1.06 bits per heavy atom. The lowest BCUT2D eigenvalue weighted by Gasteiger charge is -2.30. The minimum absolute atomic E-state index is 0.730. The van der Waals surface area contributed by atoms with Gasteiger partial charge in [-0.3, -0.25) is 0 Å². The highest BCUT2D eigenvalue weighted by atomic mass is 14.3. The van der Waals surface area contributed by atoms with Gasteiger partial charge >= 0.3 is 0 Å². The Hall–Kier alpha value is -0.520. The molecular weight excluding hydrogens is 216 g/mol. The molecule has 0 saturated carbocycles. The molecule has 0 radical (unpaired) electrons. The van der Waals surface area contributed by atoms with Gasteiger partial charge in [0.25, 0.3) is 0 Å². The Bertz CT molecular complexity index is 248. The lowest BCUT2D eigenvalue weighted by atomic mass is 9.75. The van der Waals surface area contributed by atoms with Crippen LogP contribution in [0.4, 0.5) is 0 Å². The Kier molecular flexibility index (Phi) is 11.5. The maximum atomic E-state index is 2.33. The molecule has 0 heteroatoms. The van der Waals surface area contributed by atoms with Crippen LogP contribution in [0.5, 0.6) is 0 Å². The summed E-state index contributed by atoms with van der Waals surface area (Å²) >= 11 is 0. The van der Waals surface area contributed by atoms with Crippen molar-refractivity contribution in [1.82, 2.24) is 0 Å². The fourth-order valence-corrected chi connectivity index (χ4v) is 2.02. The third kappa shape index (κ3) is 5.42. The van der Waals surface area contributed by atoms with E-state index in [0.717, 1.165) is 11.8 Å². The molecule has 0 aromatic carbocycles. The van der Waals surface area contributed by atoms with E-state index in [2.05, 4.69) is 55.4 Å². The molecule has 0 amide bonds. The van der Waals surface area contributed by atoms with Crippen molar-refractivity contribution in [1.29, 1.82) is 0 Å². The lowest BCUT2D eigenvalue weighted by Crippen LogP contribution is -2.17. The number of allylic oxidation sites excluding steroid dienone is 4. The molecule has 0 aromatic rings. The van der Waals surface area contributed by atoms with Gasteiger partial charge in [0.1, 0.15) is 0 Å². The molecule has 1 aliphatic carbocycles. The van der Waals surface area contributed by atoms with Crippen LogP contribution in [0.2, 0.25) is 0 Å². The molecule has 0 saturated heterocycles. The summed E-state index contributed by atoms with van der Waals surface area (Å²) in [6.07, 6.45) is 2.64. The van der Waals surface area contributed by atoms with E-state index >= 15 is 0 Å². The first kappa shape index (κ1) is 19.8. The van der Waals surface area contributed by atoms with E-state index in [1.54, 1.807) is 11.1 Å². The maximum Gasteiger partial charge on any atom is -0.0165 e. The molecule has 0 fully saturated rings. The van der Waals surface area contributed by atoms with Crippen molar-refractivity contribution in [2.75, 3.05) is 0 Å². The van der Waals surface area contributed by atoms with Crippen molar-refractivity contribution in [2.24, 2.45) is 11.8 Å². The molecule has 0 spiro atoms. The van der Waals surface area contributed by atoms with Crippen LogP contribution >= 0.6 is 0 Å². The Balaban J connectivity index is 0. The lowest BCUT2D eigenvalue weighted by molar-refractivity contribution is 0.486. The summed E-state index contributed by atoms with van der Waals surface area (Å²) in [5, 5.41) is 0. The molecule has 1 rings (SSSR count). The Morgan fingerprint density at radius 1 is 0.667 bits per heavy atom. The predicted octanol–water partition coefficient (Wildman–Crippen LogP) is 6.78. The summed E-state index contributed by atoms with van der Waals surface area (Å²) in [5.74, 6) is 1.46. The van der Waals surface area contributed by atoms with Crippen molar-refractivity contribution in [3.8, 4) is 0 Å². The van der Waals surface area contributed by atoms with Gasteiger partial charge < -0.3 is 0 Å². The number of rotatable bonds is 1. The normalized spacial score (nSPS) is 23.0. The molecule has 18 heavy (non-hydrogen) atoms.